The van der Waals surface area contributed by atoms with E-state index >= 15 is 0 Å². The molecule has 6 nitrogen and oxygen atoms in total. The molecular weight excluding hydrogens is 376 g/mol. The lowest BCUT2D eigenvalue weighted by Crippen LogP contribution is -2.16. The number of hydrogen-bond acceptors (Lipinski definition) is 5. The Kier molecular flexibility index (Phi) is 5.53. The number of nitriles is 1. The highest BCUT2D eigenvalue weighted by Gasteiger charge is 2.24. The van der Waals surface area contributed by atoms with Crippen LogP contribution >= 0.6 is 0 Å². The fourth-order valence-electron chi connectivity index (χ4n) is 3.79. The Bertz CT molecular complexity index is 1210. The molecule has 1 unspecified atom stereocenters. The summed E-state index contributed by atoms with van der Waals surface area (Å²) < 4.78 is 11.2. The van der Waals surface area contributed by atoms with Crippen LogP contribution in [0.3, 0.4) is 0 Å². The minimum absolute atomic E-state index is 0.0697. The van der Waals surface area contributed by atoms with E-state index in [1.165, 1.54) is 0 Å². The Morgan fingerprint density at radius 1 is 1.03 bits per heavy atom. The van der Waals surface area contributed by atoms with Crippen LogP contribution in [0.5, 0.6) is 11.5 Å². The summed E-state index contributed by atoms with van der Waals surface area (Å²) in [5, 5.41) is 13.9. The van der Waals surface area contributed by atoms with Crippen LogP contribution in [0.15, 0.2) is 67.0 Å². The number of methoxy groups -OCH3 is 2. The van der Waals surface area contributed by atoms with Crippen LogP contribution < -0.4 is 14.8 Å². The number of pyridine rings is 1. The number of nitrogens with one attached hydrogen (secondary N) is 2. The predicted octanol–water partition coefficient (Wildman–Crippen LogP) is 4.70. The summed E-state index contributed by atoms with van der Waals surface area (Å²) in [7, 11) is 3.28. The molecule has 30 heavy (non-hydrogen) atoms. The first kappa shape index (κ1) is 19.3. The van der Waals surface area contributed by atoms with Crippen molar-refractivity contribution in [2.75, 3.05) is 26.1 Å². The van der Waals surface area contributed by atoms with Gasteiger partial charge in [0.15, 0.2) is 11.5 Å². The van der Waals surface area contributed by atoms with Gasteiger partial charge in [-0.2, -0.15) is 5.26 Å². The van der Waals surface area contributed by atoms with Crippen molar-refractivity contribution in [2.24, 2.45) is 0 Å². The highest BCUT2D eigenvalue weighted by atomic mass is 16.5. The molecule has 4 aromatic rings. The van der Waals surface area contributed by atoms with Crippen molar-refractivity contribution >= 4 is 16.7 Å². The normalized spacial score (nSPS) is 11.6. The van der Waals surface area contributed by atoms with Gasteiger partial charge >= 0.3 is 0 Å². The smallest absolute Gasteiger partial charge is 0.164 e. The fraction of sp³-hybridized carbons (Fsp3) is 0.167. The maximum Gasteiger partial charge on any atom is 0.164 e. The van der Waals surface area contributed by atoms with Crippen LogP contribution in [0, 0.1) is 11.3 Å². The highest BCUT2D eigenvalue weighted by molar-refractivity contribution is 5.84. The second kappa shape index (κ2) is 8.58. The SMILES string of the molecule is COc1cccc(C(CNc2ncccc2C#N)c2c[nH]c3ccccc23)c1OC. The number of H-pyrrole nitrogens is 1. The van der Waals surface area contributed by atoms with Crippen LogP contribution in [0.2, 0.25) is 0 Å². The number of hydrogen-bond donors (Lipinski definition) is 2. The molecule has 1 atom stereocenters. The van der Waals surface area contributed by atoms with Gasteiger partial charge < -0.3 is 19.8 Å². The van der Waals surface area contributed by atoms with Crippen molar-refractivity contribution in [1.29, 1.82) is 5.26 Å². The van der Waals surface area contributed by atoms with Crippen molar-refractivity contribution in [1.82, 2.24) is 9.97 Å². The van der Waals surface area contributed by atoms with Gasteiger partial charge in [0.1, 0.15) is 11.9 Å². The van der Waals surface area contributed by atoms with E-state index in [2.05, 4.69) is 33.5 Å². The zero-order chi connectivity index (χ0) is 20.9. The number of rotatable bonds is 7. The molecule has 0 aliphatic rings. The van der Waals surface area contributed by atoms with Crippen molar-refractivity contribution in [3.05, 3.63) is 83.7 Å². The zero-order valence-electron chi connectivity index (χ0n) is 16.8. The number of fused-ring (bicyclic) bond motifs is 1. The quantitative estimate of drug-likeness (QED) is 0.472. The third kappa shape index (κ3) is 3.53. The zero-order valence-corrected chi connectivity index (χ0v) is 16.8. The van der Waals surface area contributed by atoms with Gasteiger partial charge in [0.25, 0.3) is 0 Å². The van der Waals surface area contributed by atoms with E-state index in [0.29, 0.717) is 29.4 Å². The largest absolute Gasteiger partial charge is 0.493 e. The number of para-hydroxylation sites is 2. The van der Waals surface area contributed by atoms with E-state index in [0.717, 1.165) is 22.0 Å². The molecule has 2 aromatic heterocycles. The molecule has 2 aromatic carbocycles. The van der Waals surface area contributed by atoms with E-state index in [-0.39, 0.29) is 5.92 Å². The summed E-state index contributed by atoms with van der Waals surface area (Å²) in [6.45, 7) is 0.525. The lowest BCUT2D eigenvalue weighted by atomic mass is 9.89. The Morgan fingerprint density at radius 2 is 1.90 bits per heavy atom. The number of ether oxygens (including phenoxy) is 2. The molecule has 0 fully saturated rings. The maximum absolute atomic E-state index is 9.40. The predicted molar refractivity (Wildman–Crippen MR) is 117 cm³/mol. The van der Waals surface area contributed by atoms with Crippen LogP contribution in [0.4, 0.5) is 5.82 Å². The first-order valence-corrected chi connectivity index (χ1v) is 9.62. The molecule has 0 bridgehead atoms. The topological polar surface area (TPSA) is 83.0 Å². The van der Waals surface area contributed by atoms with E-state index in [9.17, 15) is 5.26 Å². The van der Waals surface area contributed by atoms with Crippen LogP contribution in [-0.4, -0.2) is 30.7 Å². The molecule has 0 saturated heterocycles. The van der Waals surface area contributed by atoms with E-state index in [1.807, 2.05) is 36.5 Å². The molecule has 0 radical (unpaired) electrons. The molecule has 0 spiro atoms. The van der Waals surface area contributed by atoms with Gasteiger partial charge in [0.2, 0.25) is 0 Å². The monoisotopic (exact) mass is 398 g/mol. The number of aromatic amines is 1. The fourth-order valence-corrected chi connectivity index (χ4v) is 3.79. The highest BCUT2D eigenvalue weighted by Crippen LogP contribution is 2.40. The molecule has 0 aliphatic heterocycles. The van der Waals surface area contributed by atoms with Crippen LogP contribution in [0.25, 0.3) is 10.9 Å². The lowest BCUT2D eigenvalue weighted by Gasteiger charge is -2.22. The molecule has 2 heterocycles. The van der Waals surface area contributed by atoms with E-state index in [1.54, 1.807) is 32.5 Å². The molecule has 6 heteroatoms. The van der Waals surface area contributed by atoms with Crippen molar-refractivity contribution in [2.45, 2.75) is 5.92 Å². The number of anilines is 1. The Labute approximate surface area is 175 Å². The second-order valence-electron chi connectivity index (χ2n) is 6.82. The summed E-state index contributed by atoms with van der Waals surface area (Å²) >= 11 is 0. The van der Waals surface area contributed by atoms with E-state index in [4.69, 9.17) is 9.47 Å². The molecule has 4 rings (SSSR count). The first-order valence-electron chi connectivity index (χ1n) is 9.62. The van der Waals surface area contributed by atoms with E-state index < -0.39 is 0 Å². The molecule has 150 valence electrons. The van der Waals surface area contributed by atoms with Gasteiger partial charge in [-0.05, 0) is 29.8 Å². The van der Waals surface area contributed by atoms with Gasteiger partial charge in [-0.1, -0.05) is 30.3 Å². The minimum Gasteiger partial charge on any atom is -0.493 e. The van der Waals surface area contributed by atoms with Gasteiger partial charge in [-0.3, -0.25) is 0 Å². The summed E-state index contributed by atoms with van der Waals surface area (Å²) in [4.78, 5) is 7.70. The standard InChI is InChI=1S/C24H22N4O2/c1-29-22-11-5-9-18(23(22)30-2)20(15-28-24-16(13-25)7-6-12-26-24)19-14-27-21-10-4-3-8-17(19)21/h3-12,14,20,27H,15H2,1-2H3,(H,26,28). The van der Waals surface area contributed by atoms with Gasteiger partial charge in [-0.25, -0.2) is 4.98 Å². The minimum atomic E-state index is -0.0697. The number of nitrogens with zero attached hydrogens (tertiary/aromatic N) is 2. The average molecular weight is 398 g/mol. The summed E-state index contributed by atoms with van der Waals surface area (Å²) in [5.74, 6) is 1.86. The lowest BCUT2D eigenvalue weighted by molar-refractivity contribution is 0.350. The maximum atomic E-state index is 9.40. The third-order valence-electron chi connectivity index (χ3n) is 5.21. The Balaban J connectivity index is 1.81. The number of benzene rings is 2. The third-order valence-corrected chi connectivity index (χ3v) is 5.21. The van der Waals surface area contributed by atoms with Gasteiger partial charge in [-0.15, -0.1) is 0 Å². The van der Waals surface area contributed by atoms with Crippen molar-refractivity contribution in [3.8, 4) is 17.6 Å². The molecule has 2 N–H and O–H groups in total. The molecule has 0 amide bonds. The molecule has 0 aliphatic carbocycles. The summed E-state index contributed by atoms with van der Waals surface area (Å²) in [6, 6.07) is 19.8. The van der Waals surface area contributed by atoms with Crippen molar-refractivity contribution in [3.63, 3.8) is 0 Å². The average Bonchev–Trinajstić information content (AvgIpc) is 3.23. The summed E-state index contributed by atoms with van der Waals surface area (Å²) in [5.41, 5.74) is 3.69. The summed E-state index contributed by atoms with van der Waals surface area (Å²) in [6.07, 6.45) is 3.70. The Hall–Kier alpha value is -3.98. The molecular formula is C24H22N4O2. The Morgan fingerprint density at radius 3 is 2.70 bits per heavy atom. The number of aromatic nitrogens is 2. The van der Waals surface area contributed by atoms with Gasteiger partial charge in [0.05, 0.1) is 19.8 Å². The molecule has 0 saturated carbocycles. The van der Waals surface area contributed by atoms with Crippen LogP contribution in [-0.2, 0) is 0 Å². The van der Waals surface area contributed by atoms with Crippen molar-refractivity contribution < 1.29 is 9.47 Å². The second-order valence-corrected chi connectivity index (χ2v) is 6.82. The van der Waals surface area contributed by atoms with Gasteiger partial charge in [0, 0.05) is 41.3 Å². The van der Waals surface area contributed by atoms with Crippen LogP contribution in [0.1, 0.15) is 22.6 Å². The first-order chi connectivity index (χ1) is 14.8.